The van der Waals surface area contributed by atoms with Gasteiger partial charge in [0.1, 0.15) is 6.29 Å². The van der Waals surface area contributed by atoms with Crippen molar-refractivity contribution in [3.63, 3.8) is 0 Å². The number of hydrogen-bond donors (Lipinski definition) is 0. The number of methoxy groups -OCH3 is 1. The highest BCUT2D eigenvalue weighted by Crippen LogP contribution is 2.27. The van der Waals surface area contributed by atoms with Crippen LogP contribution in [-0.2, 0) is 0 Å². The molecular weight excluding hydrogens is 240 g/mol. The zero-order chi connectivity index (χ0) is 13.9. The molecule has 3 heteroatoms. The van der Waals surface area contributed by atoms with Crippen LogP contribution in [-0.4, -0.2) is 20.0 Å². The van der Waals surface area contributed by atoms with Crippen molar-refractivity contribution in [2.45, 2.75) is 32.6 Å². The summed E-state index contributed by atoms with van der Waals surface area (Å²) in [5, 5.41) is 0. The highest BCUT2D eigenvalue weighted by Gasteiger charge is 2.04. The van der Waals surface area contributed by atoms with Crippen molar-refractivity contribution in [1.82, 2.24) is 0 Å². The van der Waals surface area contributed by atoms with Gasteiger partial charge in [-0.05, 0) is 24.6 Å². The topological polar surface area (TPSA) is 35.5 Å². The number of ether oxygens (including phenoxy) is 2. The first kappa shape index (κ1) is 15.1. The molecule has 0 aliphatic heterocycles. The molecule has 1 rings (SSSR count). The third-order valence-corrected chi connectivity index (χ3v) is 2.59. The third-order valence-electron chi connectivity index (χ3n) is 2.59. The molecule has 0 radical (unpaired) electrons. The maximum Gasteiger partial charge on any atom is 0.161 e. The lowest BCUT2D eigenvalue weighted by Gasteiger charge is -2.09. The molecule has 0 spiro atoms. The summed E-state index contributed by atoms with van der Waals surface area (Å²) >= 11 is 0. The van der Waals surface area contributed by atoms with E-state index in [1.165, 1.54) is 6.42 Å². The molecule has 3 nitrogen and oxygen atoms in total. The van der Waals surface area contributed by atoms with E-state index in [4.69, 9.17) is 9.47 Å². The second-order valence-corrected chi connectivity index (χ2v) is 4.08. The van der Waals surface area contributed by atoms with Gasteiger partial charge in [-0.25, -0.2) is 0 Å². The predicted octanol–water partition coefficient (Wildman–Crippen LogP) is 3.47. The SMILES string of the molecule is CCCCC#CCCOc1ccc(C=O)cc1OC. The Balaban J connectivity index is 2.44. The Bertz CT molecular complexity index is 455. The van der Waals surface area contributed by atoms with Crippen LogP contribution in [0, 0.1) is 11.8 Å². The first-order valence-electron chi connectivity index (χ1n) is 6.53. The fourth-order valence-electron chi connectivity index (χ4n) is 1.53. The minimum absolute atomic E-state index is 0.524. The Morgan fingerprint density at radius 1 is 1.21 bits per heavy atom. The van der Waals surface area contributed by atoms with Crippen molar-refractivity contribution in [3.05, 3.63) is 23.8 Å². The fraction of sp³-hybridized carbons (Fsp3) is 0.438. The lowest BCUT2D eigenvalue weighted by molar-refractivity contribution is 0.112. The van der Waals surface area contributed by atoms with Gasteiger partial charge in [0.25, 0.3) is 0 Å². The molecule has 0 N–H and O–H groups in total. The van der Waals surface area contributed by atoms with Crippen LogP contribution in [0.4, 0.5) is 0 Å². The molecule has 0 bridgehead atoms. The number of aldehydes is 1. The number of unbranched alkanes of at least 4 members (excludes halogenated alkanes) is 2. The molecule has 1 aromatic rings. The highest BCUT2D eigenvalue weighted by molar-refractivity contribution is 5.76. The maximum atomic E-state index is 10.7. The third kappa shape index (κ3) is 5.48. The van der Waals surface area contributed by atoms with Crippen LogP contribution in [0.1, 0.15) is 43.0 Å². The van der Waals surface area contributed by atoms with Crippen LogP contribution in [0.25, 0.3) is 0 Å². The lowest BCUT2D eigenvalue weighted by Crippen LogP contribution is -1.99. The fourth-order valence-corrected chi connectivity index (χ4v) is 1.53. The zero-order valence-corrected chi connectivity index (χ0v) is 11.6. The molecule has 19 heavy (non-hydrogen) atoms. The highest BCUT2D eigenvalue weighted by atomic mass is 16.5. The summed E-state index contributed by atoms with van der Waals surface area (Å²) in [5.41, 5.74) is 0.573. The summed E-state index contributed by atoms with van der Waals surface area (Å²) in [7, 11) is 1.56. The van der Waals surface area contributed by atoms with Gasteiger partial charge in [0.05, 0.1) is 13.7 Å². The predicted molar refractivity (Wildman–Crippen MR) is 75.8 cm³/mol. The van der Waals surface area contributed by atoms with Gasteiger partial charge in [0, 0.05) is 18.4 Å². The van der Waals surface area contributed by atoms with Crippen LogP contribution in [0.15, 0.2) is 18.2 Å². The second kappa shape index (κ2) is 9.04. The van der Waals surface area contributed by atoms with Gasteiger partial charge in [-0.2, -0.15) is 0 Å². The van der Waals surface area contributed by atoms with Gasteiger partial charge in [-0.3, -0.25) is 4.79 Å². The monoisotopic (exact) mass is 260 g/mol. The standard InChI is InChI=1S/C16H20O3/c1-3-4-5-6-7-8-11-19-15-10-9-14(13-17)12-16(15)18-2/h9-10,12-13H,3-5,8,11H2,1-2H3. The Hall–Kier alpha value is -1.95. The van der Waals surface area contributed by atoms with E-state index >= 15 is 0 Å². The Labute approximate surface area is 114 Å². The van der Waals surface area contributed by atoms with E-state index in [0.717, 1.165) is 19.1 Å². The first-order valence-corrected chi connectivity index (χ1v) is 6.53. The Morgan fingerprint density at radius 2 is 2.00 bits per heavy atom. The molecule has 0 unspecified atom stereocenters. The average molecular weight is 260 g/mol. The van der Waals surface area contributed by atoms with E-state index in [9.17, 15) is 4.79 Å². The summed E-state index contributed by atoms with van der Waals surface area (Å²) in [5.74, 6) is 7.41. The van der Waals surface area contributed by atoms with Crippen molar-refractivity contribution >= 4 is 6.29 Å². The number of hydrogen-bond acceptors (Lipinski definition) is 3. The van der Waals surface area contributed by atoms with Gasteiger partial charge >= 0.3 is 0 Å². The quantitative estimate of drug-likeness (QED) is 0.428. The van der Waals surface area contributed by atoms with Crippen LogP contribution in [0.3, 0.4) is 0 Å². The zero-order valence-electron chi connectivity index (χ0n) is 11.6. The van der Waals surface area contributed by atoms with Gasteiger partial charge < -0.3 is 9.47 Å². The number of benzene rings is 1. The molecule has 1 aromatic carbocycles. The molecule has 102 valence electrons. The number of carbonyl (C=O) groups is 1. The van der Waals surface area contributed by atoms with E-state index in [1.807, 2.05) is 0 Å². The van der Waals surface area contributed by atoms with E-state index in [1.54, 1.807) is 25.3 Å². The molecule has 0 fully saturated rings. The van der Waals surface area contributed by atoms with Crippen LogP contribution >= 0.6 is 0 Å². The molecule has 0 aliphatic rings. The van der Waals surface area contributed by atoms with Crippen LogP contribution < -0.4 is 9.47 Å². The minimum Gasteiger partial charge on any atom is -0.493 e. The van der Waals surface area contributed by atoms with Crippen LogP contribution in [0.5, 0.6) is 11.5 Å². The van der Waals surface area contributed by atoms with E-state index in [0.29, 0.717) is 30.1 Å². The molecular formula is C16H20O3. The summed E-state index contributed by atoms with van der Waals surface area (Å²) in [4.78, 5) is 10.7. The Kier molecular flexibility index (Phi) is 7.19. The summed E-state index contributed by atoms with van der Waals surface area (Å²) < 4.78 is 10.8. The van der Waals surface area contributed by atoms with Crippen molar-refractivity contribution < 1.29 is 14.3 Å². The molecule has 0 atom stereocenters. The smallest absolute Gasteiger partial charge is 0.161 e. The van der Waals surface area contributed by atoms with Gasteiger partial charge in [0.2, 0.25) is 0 Å². The second-order valence-electron chi connectivity index (χ2n) is 4.08. The Morgan fingerprint density at radius 3 is 2.68 bits per heavy atom. The minimum atomic E-state index is 0.524. The van der Waals surface area contributed by atoms with Gasteiger partial charge in [0.15, 0.2) is 11.5 Å². The number of carbonyl (C=O) groups excluding carboxylic acids is 1. The summed E-state index contributed by atoms with van der Waals surface area (Å²) in [6.07, 6.45) is 4.75. The molecule has 0 aliphatic carbocycles. The average Bonchev–Trinajstić information content (AvgIpc) is 2.46. The van der Waals surface area contributed by atoms with Gasteiger partial charge in [-0.15, -0.1) is 5.92 Å². The van der Waals surface area contributed by atoms with E-state index in [-0.39, 0.29) is 0 Å². The van der Waals surface area contributed by atoms with E-state index < -0.39 is 0 Å². The number of rotatable bonds is 7. The van der Waals surface area contributed by atoms with Crippen molar-refractivity contribution in [2.75, 3.05) is 13.7 Å². The van der Waals surface area contributed by atoms with E-state index in [2.05, 4.69) is 18.8 Å². The largest absolute Gasteiger partial charge is 0.493 e. The van der Waals surface area contributed by atoms with Crippen LogP contribution in [0.2, 0.25) is 0 Å². The molecule has 0 amide bonds. The normalized spacial score (nSPS) is 9.37. The van der Waals surface area contributed by atoms with Crippen molar-refractivity contribution in [2.24, 2.45) is 0 Å². The summed E-state index contributed by atoms with van der Waals surface area (Å²) in [6, 6.07) is 5.11. The van der Waals surface area contributed by atoms with Crippen molar-refractivity contribution in [1.29, 1.82) is 0 Å². The molecule has 0 aromatic heterocycles. The molecule has 0 heterocycles. The summed E-state index contributed by atoms with van der Waals surface area (Å²) in [6.45, 7) is 2.68. The molecule has 0 saturated carbocycles. The molecule has 0 saturated heterocycles. The first-order chi connectivity index (χ1) is 9.31. The lowest BCUT2D eigenvalue weighted by atomic mass is 10.2. The van der Waals surface area contributed by atoms with Crippen molar-refractivity contribution in [3.8, 4) is 23.3 Å². The maximum absolute atomic E-state index is 10.7. The van der Waals surface area contributed by atoms with Gasteiger partial charge in [-0.1, -0.05) is 19.3 Å².